The number of likely N-dealkylation sites (N-methyl/N-ethyl adjacent to an activating group) is 1. The van der Waals surface area contributed by atoms with Crippen molar-refractivity contribution in [3.63, 3.8) is 0 Å². The number of hydrogen-bond donors (Lipinski definition) is 1. The first-order valence-corrected chi connectivity index (χ1v) is 12.4. The molecule has 0 saturated carbocycles. The second-order valence-corrected chi connectivity index (χ2v) is 9.56. The fourth-order valence-corrected chi connectivity index (χ4v) is 5.27. The number of halogens is 1. The van der Waals surface area contributed by atoms with Crippen LogP contribution in [0, 0.1) is 23.1 Å². The third kappa shape index (κ3) is 3.95. The summed E-state index contributed by atoms with van der Waals surface area (Å²) in [6.45, 7) is 4.39. The monoisotopic (exact) mass is 482 g/mol. The van der Waals surface area contributed by atoms with Crippen LogP contribution in [-0.2, 0) is 6.54 Å². The summed E-state index contributed by atoms with van der Waals surface area (Å²) in [5, 5.41) is 12.7. The summed E-state index contributed by atoms with van der Waals surface area (Å²) in [6, 6.07) is 12.7. The van der Waals surface area contributed by atoms with Gasteiger partial charge in [0.25, 0.3) is 0 Å². The van der Waals surface area contributed by atoms with Crippen molar-refractivity contribution >= 4 is 16.7 Å². The summed E-state index contributed by atoms with van der Waals surface area (Å²) in [4.78, 5) is 11.9. The maximum absolute atomic E-state index is 14.8. The third-order valence-electron chi connectivity index (χ3n) is 7.29. The first-order chi connectivity index (χ1) is 17.6. The molecule has 0 spiro atoms. The minimum Gasteiger partial charge on any atom is -0.490 e. The highest BCUT2D eigenvalue weighted by Crippen LogP contribution is 2.40. The van der Waals surface area contributed by atoms with E-state index in [1.54, 1.807) is 6.07 Å². The highest BCUT2D eigenvalue weighted by molar-refractivity contribution is 5.99. The molecule has 0 aliphatic carbocycles. The highest BCUT2D eigenvalue weighted by atomic mass is 19.1. The lowest BCUT2D eigenvalue weighted by molar-refractivity contribution is 0.311. The van der Waals surface area contributed by atoms with E-state index in [0.717, 1.165) is 72.6 Å². The number of benzene rings is 2. The minimum atomic E-state index is -0.553. The van der Waals surface area contributed by atoms with Crippen molar-refractivity contribution < 1.29 is 9.13 Å². The molecule has 0 atom stereocenters. The van der Waals surface area contributed by atoms with E-state index in [9.17, 15) is 9.65 Å². The first-order valence-electron chi connectivity index (χ1n) is 12.4. The van der Waals surface area contributed by atoms with Gasteiger partial charge in [-0.15, -0.1) is 0 Å². The summed E-state index contributed by atoms with van der Waals surface area (Å²) in [5.74, 6) is 0.827. The van der Waals surface area contributed by atoms with Crippen LogP contribution in [0.5, 0.6) is 5.75 Å². The van der Waals surface area contributed by atoms with Gasteiger partial charge in [-0.2, -0.15) is 5.26 Å². The third-order valence-corrected chi connectivity index (χ3v) is 7.29. The molecule has 0 radical (unpaired) electrons. The largest absolute Gasteiger partial charge is 0.490 e. The molecule has 2 aromatic heterocycles. The van der Waals surface area contributed by atoms with Crippen molar-refractivity contribution in [2.45, 2.75) is 19.4 Å². The second kappa shape index (κ2) is 9.25. The van der Waals surface area contributed by atoms with Crippen LogP contribution in [-0.4, -0.2) is 47.8 Å². The number of hydrogen-bond acceptors (Lipinski definition) is 6. The average molecular weight is 483 g/mol. The Morgan fingerprint density at radius 3 is 2.78 bits per heavy atom. The van der Waals surface area contributed by atoms with E-state index in [1.165, 1.54) is 12.1 Å². The average Bonchev–Trinajstić information content (AvgIpc) is 3.31. The molecule has 1 saturated heterocycles. The van der Waals surface area contributed by atoms with Gasteiger partial charge in [-0.05, 0) is 61.7 Å². The van der Waals surface area contributed by atoms with Gasteiger partial charge in [0.15, 0.2) is 0 Å². The Hall–Kier alpha value is -3.96. The Kier molecular flexibility index (Phi) is 5.78. The molecule has 4 aromatic rings. The highest BCUT2D eigenvalue weighted by Gasteiger charge is 2.22. The molecule has 2 aromatic carbocycles. The number of imidazole rings is 1. The van der Waals surface area contributed by atoms with Crippen molar-refractivity contribution in [1.82, 2.24) is 19.9 Å². The molecule has 2 aliphatic rings. The number of nitriles is 1. The van der Waals surface area contributed by atoms with Crippen molar-refractivity contribution in [2.75, 3.05) is 38.2 Å². The normalized spacial score (nSPS) is 16.0. The van der Waals surface area contributed by atoms with Crippen LogP contribution in [0.15, 0.2) is 48.9 Å². The van der Waals surface area contributed by atoms with E-state index in [1.807, 2.05) is 43.8 Å². The van der Waals surface area contributed by atoms with E-state index in [2.05, 4.69) is 14.8 Å². The summed E-state index contributed by atoms with van der Waals surface area (Å²) in [5.41, 5.74) is 5.72. The Balaban J connectivity index is 1.51. The molecule has 4 heterocycles. The summed E-state index contributed by atoms with van der Waals surface area (Å²) in [7, 11) is 2.05. The number of piperidine rings is 1. The molecule has 1 fully saturated rings. The predicted octanol–water partition coefficient (Wildman–Crippen LogP) is 4.60. The maximum atomic E-state index is 14.8. The van der Waals surface area contributed by atoms with Crippen molar-refractivity contribution in [1.29, 1.82) is 5.26 Å². The van der Waals surface area contributed by atoms with Gasteiger partial charge < -0.3 is 19.5 Å². The van der Waals surface area contributed by atoms with Crippen LogP contribution in [0.2, 0.25) is 0 Å². The van der Waals surface area contributed by atoms with E-state index in [0.29, 0.717) is 23.8 Å². The fraction of sp³-hybridized carbons (Fsp3) is 0.321. The second-order valence-electron chi connectivity index (χ2n) is 9.56. The van der Waals surface area contributed by atoms with Gasteiger partial charge in [0.1, 0.15) is 29.8 Å². The van der Waals surface area contributed by atoms with Crippen LogP contribution < -0.4 is 15.0 Å². The van der Waals surface area contributed by atoms with Crippen LogP contribution >= 0.6 is 0 Å². The first kappa shape index (κ1) is 22.5. The topological polar surface area (TPSA) is 79.0 Å². The molecule has 182 valence electrons. The Morgan fingerprint density at radius 1 is 1.14 bits per heavy atom. The number of nitrogens with one attached hydrogen (secondary N) is 1. The van der Waals surface area contributed by atoms with Crippen LogP contribution in [0.25, 0.3) is 33.4 Å². The Labute approximate surface area is 209 Å². The van der Waals surface area contributed by atoms with Gasteiger partial charge in [-0.25, -0.2) is 9.37 Å². The van der Waals surface area contributed by atoms with E-state index >= 15 is 0 Å². The molecule has 2 aliphatic heterocycles. The molecule has 1 N–H and O–H groups in total. The summed E-state index contributed by atoms with van der Waals surface area (Å²) >= 11 is 0. The number of fused-ring (bicyclic) bond motifs is 2. The van der Waals surface area contributed by atoms with Crippen LogP contribution in [0.4, 0.5) is 10.1 Å². The van der Waals surface area contributed by atoms with E-state index in [-0.39, 0.29) is 5.56 Å². The SMILES string of the molecule is CN1CCOc2cc(-c3ncc4c(ncn4CC4CCNCC4)c3-c3ccc(C#N)c(F)c3)ccc21. The van der Waals surface area contributed by atoms with Crippen LogP contribution in [0.1, 0.15) is 18.4 Å². The van der Waals surface area contributed by atoms with Gasteiger partial charge >= 0.3 is 0 Å². The number of rotatable bonds is 4. The van der Waals surface area contributed by atoms with Gasteiger partial charge in [-0.1, -0.05) is 12.1 Å². The molecule has 8 heteroatoms. The van der Waals surface area contributed by atoms with E-state index < -0.39 is 5.82 Å². The molecular formula is C28H27FN6O. The fourth-order valence-electron chi connectivity index (χ4n) is 5.27. The van der Waals surface area contributed by atoms with Gasteiger partial charge in [-0.3, -0.25) is 4.98 Å². The van der Waals surface area contributed by atoms with Crippen molar-refractivity contribution in [3.8, 4) is 34.2 Å². The van der Waals surface area contributed by atoms with Gasteiger partial charge in [0.2, 0.25) is 0 Å². The number of anilines is 1. The molecule has 0 unspecified atom stereocenters. The lowest BCUT2D eigenvalue weighted by Crippen LogP contribution is -2.29. The number of ether oxygens (including phenoxy) is 1. The lowest BCUT2D eigenvalue weighted by atomic mass is 9.96. The Bertz CT molecular complexity index is 1480. The summed E-state index contributed by atoms with van der Waals surface area (Å²) in [6.07, 6.45) is 5.99. The number of nitrogens with zero attached hydrogens (tertiary/aromatic N) is 5. The number of pyridine rings is 1. The van der Waals surface area contributed by atoms with Crippen LogP contribution in [0.3, 0.4) is 0 Å². The van der Waals surface area contributed by atoms with Gasteiger partial charge in [0.05, 0.1) is 41.5 Å². The lowest BCUT2D eigenvalue weighted by Gasteiger charge is -2.28. The van der Waals surface area contributed by atoms with Crippen molar-refractivity contribution in [2.24, 2.45) is 5.92 Å². The zero-order chi connectivity index (χ0) is 24.6. The predicted molar refractivity (Wildman–Crippen MR) is 137 cm³/mol. The smallest absolute Gasteiger partial charge is 0.143 e. The molecular weight excluding hydrogens is 455 g/mol. The molecule has 6 rings (SSSR count). The maximum Gasteiger partial charge on any atom is 0.143 e. The molecule has 36 heavy (non-hydrogen) atoms. The molecule has 0 amide bonds. The molecule has 7 nitrogen and oxygen atoms in total. The summed E-state index contributed by atoms with van der Waals surface area (Å²) < 4.78 is 22.9. The van der Waals surface area contributed by atoms with Crippen molar-refractivity contribution in [3.05, 3.63) is 60.3 Å². The quantitative estimate of drug-likeness (QED) is 0.458. The Morgan fingerprint density at radius 2 is 1.97 bits per heavy atom. The number of aromatic nitrogens is 3. The zero-order valence-corrected chi connectivity index (χ0v) is 20.2. The molecule has 0 bridgehead atoms. The van der Waals surface area contributed by atoms with Gasteiger partial charge in [0, 0.05) is 24.7 Å². The standard InChI is InChI=1S/C28H27FN6O/c1-34-10-11-36-25-13-20(4-5-23(25)34)27-26(19-2-3-21(14-30)22(29)12-19)28-24(15-32-27)35(17-33-28)16-18-6-8-31-9-7-18/h2-5,12-13,15,17-18,31H,6-11,16H2,1H3. The zero-order valence-electron chi connectivity index (χ0n) is 20.2. The minimum absolute atomic E-state index is 0.0158. The van der Waals surface area contributed by atoms with E-state index in [4.69, 9.17) is 14.7 Å².